The number of halogens is 3. The van der Waals surface area contributed by atoms with Gasteiger partial charge in [-0.25, -0.2) is 13.8 Å². The van der Waals surface area contributed by atoms with Crippen LogP contribution in [0.1, 0.15) is 53.8 Å². The molecule has 0 bridgehead atoms. The minimum atomic E-state index is -0.694. The van der Waals surface area contributed by atoms with E-state index in [2.05, 4.69) is 10.3 Å². The number of imidazole rings is 1. The molecule has 1 amide bonds. The number of aryl methyl sites for hydroxylation is 1. The van der Waals surface area contributed by atoms with Crippen molar-refractivity contribution in [3.8, 4) is 5.75 Å². The van der Waals surface area contributed by atoms with E-state index in [1.807, 2.05) is 0 Å². The number of hydrogen-bond acceptors (Lipinski definition) is 3. The van der Waals surface area contributed by atoms with E-state index < -0.39 is 11.6 Å². The Bertz CT molecular complexity index is 1090. The lowest BCUT2D eigenvalue weighted by Crippen LogP contribution is -2.31. The number of ether oxygens (including phenoxy) is 1. The summed E-state index contributed by atoms with van der Waals surface area (Å²) in [4.78, 5) is 17.4. The molecular weight excluding hydrogens is 424 g/mol. The first kappa shape index (κ1) is 21.6. The van der Waals surface area contributed by atoms with Gasteiger partial charge in [-0.3, -0.25) is 9.20 Å². The summed E-state index contributed by atoms with van der Waals surface area (Å²) < 4.78 is 35.1. The first-order valence-electron chi connectivity index (χ1n) is 10.5. The highest BCUT2D eigenvalue weighted by Gasteiger charge is 2.22. The van der Waals surface area contributed by atoms with Gasteiger partial charge in [-0.05, 0) is 37.8 Å². The fraction of sp³-hybridized carbons (Fsp3) is 0.391. The molecule has 1 aromatic carbocycles. The molecule has 164 valence electrons. The summed E-state index contributed by atoms with van der Waals surface area (Å²) in [5.41, 5.74) is 1.07. The molecule has 2 aromatic heterocycles. The van der Waals surface area contributed by atoms with Crippen LogP contribution in [0.3, 0.4) is 0 Å². The first-order chi connectivity index (χ1) is 14.9. The van der Waals surface area contributed by atoms with E-state index >= 15 is 0 Å². The topological polar surface area (TPSA) is 55.6 Å². The van der Waals surface area contributed by atoms with Crippen LogP contribution in [0.25, 0.3) is 5.65 Å². The number of fused-ring (bicyclic) bond motifs is 1. The van der Waals surface area contributed by atoms with E-state index in [-0.39, 0.29) is 23.8 Å². The average Bonchev–Trinajstić information content (AvgIpc) is 3.08. The fourth-order valence-electron chi connectivity index (χ4n) is 4.11. The third-order valence-electron chi connectivity index (χ3n) is 5.75. The lowest BCUT2D eigenvalue weighted by molar-refractivity contribution is 0.0937. The zero-order valence-electron chi connectivity index (χ0n) is 17.3. The Kier molecular flexibility index (Phi) is 6.41. The summed E-state index contributed by atoms with van der Waals surface area (Å²) in [7, 11) is 0. The molecule has 1 aliphatic rings. The van der Waals surface area contributed by atoms with Crippen molar-refractivity contribution in [2.45, 2.75) is 45.6 Å². The number of benzene rings is 1. The van der Waals surface area contributed by atoms with Crippen molar-refractivity contribution in [1.29, 1.82) is 0 Å². The van der Waals surface area contributed by atoms with E-state index in [9.17, 15) is 13.6 Å². The van der Waals surface area contributed by atoms with E-state index in [1.54, 1.807) is 17.5 Å². The molecule has 31 heavy (non-hydrogen) atoms. The van der Waals surface area contributed by atoms with Crippen LogP contribution in [0.5, 0.6) is 5.75 Å². The summed E-state index contributed by atoms with van der Waals surface area (Å²) in [6, 6.07) is 5.15. The Morgan fingerprint density at radius 3 is 2.68 bits per heavy atom. The second kappa shape index (κ2) is 9.22. The van der Waals surface area contributed by atoms with Crippen molar-refractivity contribution >= 4 is 23.2 Å². The van der Waals surface area contributed by atoms with E-state index in [0.29, 0.717) is 34.5 Å². The van der Waals surface area contributed by atoms with Crippen molar-refractivity contribution < 1.29 is 18.3 Å². The number of carbonyl (C=O) groups excluding carboxylic acids is 1. The van der Waals surface area contributed by atoms with E-state index in [4.69, 9.17) is 16.3 Å². The van der Waals surface area contributed by atoms with Crippen molar-refractivity contribution in [3.63, 3.8) is 0 Å². The van der Waals surface area contributed by atoms with Crippen molar-refractivity contribution in [3.05, 3.63) is 64.1 Å². The highest BCUT2D eigenvalue weighted by Crippen LogP contribution is 2.28. The van der Waals surface area contributed by atoms with Crippen LogP contribution in [0.15, 0.2) is 30.5 Å². The second-order valence-corrected chi connectivity index (χ2v) is 8.40. The van der Waals surface area contributed by atoms with Gasteiger partial charge in [-0.1, -0.05) is 36.9 Å². The van der Waals surface area contributed by atoms with Gasteiger partial charge >= 0.3 is 0 Å². The lowest BCUT2D eigenvalue weighted by atomic mass is 9.89. The summed E-state index contributed by atoms with van der Waals surface area (Å²) in [5, 5.41) is 3.33. The van der Waals surface area contributed by atoms with Crippen molar-refractivity contribution in [1.82, 2.24) is 14.7 Å². The predicted molar refractivity (Wildman–Crippen MR) is 115 cm³/mol. The largest absolute Gasteiger partial charge is 0.485 e. The molecule has 0 atom stereocenters. The molecule has 2 heterocycles. The fourth-order valence-corrected chi connectivity index (χ4v) is 4.30. The standard InChI is InChI=1S/C23H24ClF2N3O2/c1-14-21(23(30)27-11-15-6-3-2-4-7-15)29-12-16(24)10-20(22(29)28-14)31-13-17-18(25)8-5-9-19(17)26/h5,8-10,12,15H,2-4,6-7,11,13H2,1H3,(H,27,30). The highest BCUT2D eigenvalue weighted by atomic mass is 35.5. The summed E-state index contributed by atoms with van der Waals surface area (Å²) in [5.74, 6) is -0.885. The van der Waals surface area contributed by atoms with Gasteiger partial charge in [0, 0.05) is 18.8 Å². The molecule has 0 unspecified atom stereocenters. The van der Waals surface area contributed by atoms with Crippen LogP contribution in [-0.4, -0.2) is 21.8 Å². The number of nitrogens with zero attached hydrogens (tertiary/aromatic N) is 2. The Morgan fingerprint density at radius 2 is 1.97 bits per heavy atom. The molecule has 4 rings (SSSR count). The third-order valence-corrected chi connectivity index (χ3v) is 5.96. The average molecular weight is 448 g/mol. The van der Waals surface area contributed by atoms with Gasteiger partial charge in [-0.2, -0.15) is 0 Å². The van der Waals surface area contributed by atoms with Gasteiger partial charge in [0.05, 0.1) is 16.3 Å². The number of hydrogen-bond donors (Lipinski definition) is 1. The van der Waals surface area contributed by atoms with Gasteiger partial charge in [0.25, 0.3) is 5.91 Å². The summed E-state index contributed by atoms with van der Waals surface area (Å²) in [6.07, 6.45) is 7.51. The number of aromatic nitrogens is 2. The Labute approximate surface area is 184 Å². The van der Waals surface area contributed by atoms with Crippen LogP contribution in [0, 0.1) is 24.5 Å². The minimum Gasteiger partial charge on any atom is -0.485 e. The van der Waals surface area contributed by atoms with E-state index in [0.717, 1.165) is 12.8 Å². The Hall–Kier alpha value is -2.67. The third kappa shape index (κ3) is 4.66. The van der Waals surface area contributed by atoms with Gasteiger partial charge in [0.2, 0.25) is 0 Å². The monoisotopic (exact) mass is 447 g/mol. The van der Waals surface area contributed by atoms with Crippen molar-refractivity contribution in [2.75, 3.05) is 6.54 Å². The van der Waals surface area contributed by atoms with Gasteiger partial charge in [-0.15, -0.1) is 0 Å². The van der Waals surface area contributed by atoms with Crippen LogP contribution in [0.2, 0.25) is 5.02 Å². The molecule has 1 saturated carbocycles. The molecule has 5 nitrogen and oxygen atoms in total. The Morgan fingerprint density at radius 1 is 1.26 bits per heavy atom. The molecule has 1 fully saturated rings. The summed E-state index contributed by atoms with van der Waals surface area (Å²) in [6.45, 7) is 2.03. The number of rotatable bonds is 6. The maximum atomic E-state index is 13.9. The first-order valence-corrected chi connectivity index (χ1v) is 10.8. The molecule has 0 aliphatic heterocycles. The second-order valence-electron chi connectivity index (χ2n) is 7.96. The summed E-state index contributed by atoms with van der Waals surface area (Å²) >= 11 is 6.24. The minimum absolute atomic E-state index is 0.186. The van der Waals surface area contributed by atoms with E-state index in [1.165, 1.54) is 43.5 Å². The quantitative estimate of drug-likeness (QED) is 0.545. The van der Waals surface area contributed by atoms with Gasteiger partial charge in [0.15, 0.2) is 11.4 Å². The van der Waals surface area contributed by atoms with Crippen LogP contribution >= 0.6 is 11.6 Å². The normalized spacial score (nSPS) is 14.7. The zero-order chi connectivity index (χ0) is 22.0. The molecule has 1 N–H and O–H groups in total. The van der Waals surface area contributed by atoms with Gasteiger partial charge in [0.1, 0.15) is 23.9 Å². The zero-order valence-corrected chi connectivity index (χ0v) is 18.0. The number of pyridine rings is 1. The van der Waals surface area contributed by atoms with Crippen LogP contribution in [-0.2, 0) is 6.61 Å². The molecule has 0 radical (unpaired) electrons. The predicted octanol–water partition coefficient (Wildman–Crippen LogP) is 5.46. The molecule has 0 spiro atoms. The number of carbonyl (C=O) groups is 1. The van der Waals surface area contributed by atoms with Crippen LogP contribution < -0.4 is 10.1 Å². The van der Waals surface area contributed by atoms with Gasteiger partial charge < -0.3 is 10.1 Å². The molecule has 3 aromatic rings. The molecule has 8 heteroatoms. The lowest BCUT2D eigenvalue weighted by Gasteiger charge is -2.21. The van der Waals surface area contributed by atoms with Crippen LogP contribution in [0.4, 0.5) is 8.78 Å². The smallest absolute Gasteiger partial charge is 0.270 e. The molecule has 0 saturated heterocycles. The number of amides is 1. The maximum Gasteiger partial charge on any atom is 0.270 e. The SMILES string of the molecule is Cc1nc2c(OCc3c(F)cccc3F)cc(Cl)cn2c1C(=O)NCC1CCCCC1. The molecular formula is C23H24ClF2N3O2. The maximum absolute atomic E-state index is 13.9. The highest BCUT2D eigenvalue weighted by molar-refractivity contribution is 6.30. The number of nitrogens with one attached hydrogen (secondary N) is 1. The Balaban J connectivity index is 1.58. The van der Waals surface area contributed by atoms with Crippen molar-refractivity contribution in [2.24, 2.45) is 5.92 Å². The molecule has 1 aliphatic carbocycles.